The maximum absolute atomic E-state index is 11.9. The minimum absolute atomic E-state index is 0.0824. The molecule has 1 N–H and O–H groups in total. The van der Waals surface area contributed by atoms with Crippen molar-refractivity contribution in [1.29, 1.82) is 0 Å². The summed E-state index contributed by atoms with van der Waals surface area (Å²) in [6, 6.07) is 8.08. The lowest BCUT2D eigenvalue weighted by Crippen LogP contribution is -2.34. The SMILES string of the molecule is O=C(CCCn1cncn1)NC[C@H]1COc2ccccc2C1. The standard InChI is InChI=1S/C16H20N4O2/c21-16(6-3-7-20-12-17-11-19-20)18-9-13-8-14-4-1-2-5-15(14)22-10-13/h1-2,4-5,11-13H,3,6-10H2,(H,18,21)/t13-/m0/s1. The van der Waals surface area contributed by atoms with Crippen molar-refractivity contribution in [2.45, 2.75) is 25.8 Å². The topological polar surface area (TPSA) is 69.0 Å². The van der Waals surface area contributed by atoms with Crippen LogP contribution in [0.5, 0.6) is 5.75 Å². The molecule has 1 aliphatic heterocycles. The second kappa shape index (κ2) is 7.06. The first kappa shape index (κ1) is 14.6. The molecule has 0 saturated heterocycles. The molecule has 0 spiro atoms. The number of aromatic nitrogens is 3. The maximum Gasteiger partial charge on any atom is 0.220 e. The lowest BCUT2D eigenvalue weighted by Gasteiger charge is -2.25. The van der Waals surface area contributed by atoms with Crippen molar-refractivity contribution in [2.24, 2.45) is 5.92 Å². The van der Waals surface area contributed by atoms with Crippen LogP contribution in [0.3, 0.4) is 0 Å². The molecule has 6 nitrogen and oxygen atoms in total. The summed E-state index contributed by atoms with van der Waals surface area (Å²) in [7, 11) is 0. The summed E-state index contributed by atoms with van der Waals surface area (Å²) >= 11 is 0. The Balaban J connectivity index is 1.37. The number of nitrogens with zero attached hydrogens (tertiary/aromatic N) is 3. The zero-order valence-electron chi connectivity index (χ0n) is 12.4. The molecule has 6 heteroatoms. The van der Waals surface area contributed by atoms with Crippen LogP contribution < -0.4 is 10.1 Å². The second-order valence-electron chi connectivity index (χ2n) is 5.56. The lowest BCUT2D eigenvalue weighted by atomic mass is 9.97. The van der Waals surface area contributed by atoms with Crippen LogP contribution in [-0.2, 0) is 17.8 Å². The molecular formula is C16H20N4O2. The van der Waals surface area contributed by atoms with Crippen LogP contribution in [0, 0.1) is 5.92 Å². The molecule has 2 heterocycles. The number of rotatable bonds is 6. The van der Waals surface area contributed by atoms with E-state index in [1.807, 2.05) is 18.2 Å². The molecule has 3 rings (SSSR count). The predicted octanol–water partition coefficient (Wildman–Crippen LogP) is 1.43. The van der Waals surface area contributed by atoms with Gasteiger partial charge in [-0.3, -0.25) is 9.48 Å². The zero-order chi connectivity index (χ0) is 15.2. The Bertz CT molecular complexity index is 612. The molecule has 1 aromatic heterocycles. The fourth-order valence-corrected chi connectivity index (χ4v) is 2.62. The number of nitrogens with one attached hydrogen (secondary N) is 1. The van der Waals surface area contributed by atoms with E-state index in [1.54, 1.807) is 11.0 Å². The monoisotopic (exact) mass is 300 g/mol. The van der Waals surface area contributed by atoms with E-state index < -0.39 is 0 Å². The van der Waals surface area contributed by atoms with Crippen molar-refractivity contribution in [3.63, 3.8) is 0 Å². The number of fused-ring (bicyclic) bond motifs is 1. The molecule has 2 aromatic rings. The van der Waals surface area contributed by atoms with Crippen LogP contribution in [-0.4, -0.2) is 33.8 Å². The van der Waals surface area contributed by atoms with Crippen molar-refractivity contribution >= 4 is 5.91 Å². The second-order valence-corrected chi connectivity index (χ2v) is 5.56. The van der Waals surface area contributed by atoms with E-state index in [9.17, 15) is 4.79 Å². The molecule has 1 atom stereocenters. The summed E-state index contributed by atoms with van der Waals surface area (Å²) in [5, 5.41) is 7.01. The summed E-state index contributed by atoms with van der Waals surface area (Å²) in [5.74, 6) is 1.39. The van der Waals surface area contributed by atoms with Gasteiger partial charge in [-0.2, -0.15) is 5.10 Å². The van der Waals surface area contributed by atoms with E-state index >= 15 is 0 Å². The van der Waals surface area contributed by atoms with E-state index in [2.05, 4.69) is 21.5 Å². The quantitative estimate of drug-likeness (QED) is 0.876. The van der Waals surface area contributed by atoms with Crippen molar-refractivity contribution in [3.8, 4) is 5.75 Å². The molecule has 1 aromatic carbocycles. The number of carbonyl (C=O) groups is 1. The Morgan fingerprint density at radius 3 is 3.18 bits per heavy atom. The minimum Gasteiger partial charge on any atom is -0.493 e. The van der Waals surface area contributed by atoms with Crippen LogP contribution in [0.25, 0.3) is 0 Å². The zero-order valence-corrected chi connectivity index (χ0v) is 12.4. The number of amides is 1. The fourth-order valence-electron chi connectivity index (χ4n) is 2.62. The Hall–Kier alpha value is -2.37. The van der Waals surface area contributed by atoms with Crippen molar-refractivity contribution < 1.29 is 9.53 Å². The number of para-hydroxylation sites is 1. The van der Waals surface area contributed by atoms with Gasteiger partial charge in [0.1, 0.15) is 18.4 Å². The maximum atomic E-state index is 11.9. The van der Waals surface area contributed by atoms with Gasteiger partial charge in [-0.05, 0) is 24.5 Å². The van der Waals surface area contributed by atoms with E-state index in [0.717, 1.165) is 18.6 Å². The van der Waals surface area contributed by atoms with Gasteiger partial charge >= 0.3 is 0 Å². The summed E-state index contributed by atoms with van der Waals surface area (Å²) in [6.07, 6.45) is 5.38. The van der Waals surface area contributed by atoms with Crippen LogP contribution in [0.1, 0.15) is 18.4 Å². The van der Waals surface area contributed by atoms with Gasteiger partial charge < -0.3 is 10.1 Å². The Morgan fingerprint density at radius 2 is 2.32 bits per heavy atom. The van der Waals surface area contributed by atoms with Gasteiger partial charge in [0.2, 0.25) is 5.91 Å². The summed E-state index contributed by atoms with van der Waals surface area (Å²) in [5.41, 5.74) is 1.22. The summed E-state index contributed by atoms with van der Waals surface area (Å²) < 4.78 is 7.46. The highest BCUT2D eigenvalue weighted by Gasteiger charge is 2.19. The molecule has 22 heavy (non-hydrogen) atoms. The normalized spacial score (nSPS) is 16.6. The first-order valence-corrected chi connectivity index (χ1v) is 7.61. The molecule has 0 unspecified atom stereocenters. The molecule has 0 bridgehead atoms. The third-order valence-corrected chi connectivity index (χ3v) is 3.80. The van der Waals surface area contributed by atoms with Crippen molar-refractivity contribution in [2.75, 3.05) is 13.2 Å². The number of carbonyl (C=O) groups excluding carboxylic acids is 1. The van der Waals surface area contributed by atoms with E-state index in [0.29, 0.717) is 32.0 Å². The smallest absolute Gasteiger partial charge is 0.220 e. The van der Waals surface area contributed by atoms with Crippen molar-refractivity contribution in [3.05, 3.63) is 42.5 Å². The Morgan fingerprint density at radius 1 is 1.41 bits per heavy atom. The van der Waals surface area contributed by atoms with Gasteiger partial charge in [-0.25, -0.2) is 4.98 Å². The van der Waals surface area contributed by atoms with Gasteiger partial charge in [0.25, 0.3) is 0 Å². The van der Waals surface area contributed by atoms with Gasteiger partial charge in [0.15, 0.2) is 0 Å². The predicted molar refractivity (Wildman–Crippen MR) is 81.4 cm³/mol. The van der Waals surface area contributed by atoms with Gasteiger partial charge in [0, 0.05) is 25.4 Å². The molecular weight excluding hydrogens is 280 g/mol. The summed E-state index contributed by atoms with van der Waals surface area (Å²) in [6.45, 7) is 2.04. The minimum atomic E-state index is 0.0824. The molecule has 1 amide bonds. The van der Waals surface area contributed by atoms with Gasteiger partial charge in [-0.15, -0.1) is 0 Å². The van der Waals surface area contributed by atoms with Crippen LogP contribution in [0.4, 0.5) is 0 Å². The summed E-state index contributed by atoms with van der Waals surface area (Å²) in [4.78, 5) is 15.7. The number of benzene rings is 1. The Labute approximate surface area is 129 Å². The molecule has 0 saturated carbocycles. The highest BCUT2D eigenvalue weighted by molar-refractivity contribution is 5.75. The molecule has 0 fully saturated rings. The lowest BCUT2D eigenvalue weighted by molar-refractivity contribution is -0.121. The third kappa shape index (κ3) is 3.84. The first-order valence-electron chi connectivity index (χ1n) is 7.61. The fraction of sp³-hybridized carbons (Fsp3) is 0.438. The van der Waals surface area contributed by atoms with E-state index in [-0.39, 0.29) is 5.91 Å². The van der Waals surface area contributed by atoms with E-state index in [4.69, 9.17) is 4.74 Å². The first-order chi connectivity index (χ1) is 10.8. The number of hydrogen-bond acceptors (Lipinski definition) is 4. The highest BCUT2D eigenvalue weighted by atomic mass is 16.5. The largest absolute Gasteiger partial charge is 0.493 e. The molecule has 0 aliphatic carbocycles. The molecule has 0 radical (unpaired) electrons. The Kier molecular flexibility index (Phi) is 4.68. The number of ether oxygens (including phenoxy) is 1. The average molecular weight is 300 g/mol. The van der Waals surface area contributed by atoms with Crippen molar-refractivity contribution in [1.82, 2.24) is 20.1 Å². The number of hydrogen-bond donors (Lipinski definition) is 1. The molecule has 116 valence electrons. The van der Waals surface area contributed by atoms with Gasteiger partial charge in [-0.1, -0.05) is 18.2 Å². The molecule has 1 aliphatic rings. The highest BCUT2D eigenvalue weighted by Crippen LogP contribution is 2.26. The third-order valence-electron chi connectivity index (χ3n) is 3.80. The van der Waals surface area contributed by atoms with Crippen LogP contribution in [0.2, 0.25) is 0 Å². The van der Waals surface area contributed by atoms with E-state index in [1.165, 1.54) is 11.9 Å². The van der Waals surface area contributed by atoms with Crippen LogP contribution >= 0.6 is 0 Å². The van der Waals surface area contributed by atoms with Crippen LogP contribution in [0.15, 0.2) is 36.9 Å². The number of aryl methyl sites for hydroxylation is 1. The average Bonchev–Trinajstić information content (AvgIpc) is 3.06. The van der Waals surface area contributed by atoms with Gasteiger partial charge in [0.05, 0.1) is 6.61 Å².